The molecule has 0 aromatic heterocycles. The van der Waals surface area contributed by atoms with Crippen molar-refractivity contribution in [1.82, 2.24) is 0 Å². The first kappa shape index (κ1) is 15.3. The predicted molar refractivity (Wildman–Crippen MR) is 85.4 cm³/mol. The lowest BCUT2D eigenvalue weighted by Crippen LogP contribution is -2.05. The van der Waals surface area contributed by atoms with Gasteiger partial charge in [0.15, 0.2) is 0 Å². The van der Waals surface area contributed by atoms with E-state index in [0.717, 1.165) is 10.0 Å². The van der Waals surface area contributed by atoms with E-state index in [2.05, 4.69) is 22.5 Å². The number of benzene rings is 2. The Morgan fingerprint density at radius 1 is 1.19 bits per heavy atom. The van der Waals surface area contributed by atoms with Gasteiger partial charge in [0, 0.05) is 4.47 Å². The normalized spacial score (nSPS) is 9.95. The fraction of sp³-hybridized carbons (Fsp3) is 0.118. The summed E-state index contributed by atoms with van der Waals surface area (Å²) >= 11 is 3.42. The van der Waals surface area contributed by atoms with Crippen molar-refractivity contribution in [2.45, 2.75) is 6.61 Å². The lowest BCUT2D eigenvalue weighted by Gasteiger charge is -2.08. The second kappa shape index (κ2) is 7.64. The summed E-state index contributed by atoms with van der Waals surface area (Å²) in [6.45, 7) is 4.14. The van der Waals surface area contributed by atoms with Crippen molar-refractivity contribution in [3.8, 4) is 5.75 Å². The Morgan fingerprint density at radius 2 is 2.00 bits per heavy atom. The topological polar surface area (TPSA) is 35.5 Å². The molecule has 0 saturated heterocycles. The summed E-state index contributed by atoms with van der Waals surface area (Å²) in [5, 5.41) is 0. The van der Waals surface area contributed by atoms with Gasteiger partial charge in [0.2, 0.25) is 0 Å². The van der Waals surface area contributed by atoms with Crippen LogP contribution in [0.5, 0.6) is 5.75 Å². The molecular formula is C17H15BrO3. The first-order valence-electron chi connectivity index (χ1n) is 6.44. The largest absolute Gasteiger partial charge is 0.489 e. The van der Waals surface area contributed by atoms with E-state index in [1.165, 1.54) is 6.08 Å². The molecule has 108 valence electrons. The molecule has 0 unspecified atom stereocenters. The minimum atomic E-state index is -0.386. The SMILES string of the molecule is C=CCOC(=O)c1cccc(OCc2cccc(Br)c2)c1. The number of hydrogen-bond acceptors (Lipinski definition) is 3. The summed E-state index contributed by atoms with van der Waals surface area (Å²) in [7, 11) is 0. The summed E-state index contributed by atoms with van der Waals surface area (Å²) < 4.78 is 11.7. The van der Waals surface area contributed by atoms with Gasteiger partial charge in [-0.15, -0.1) is 0 Å². The van der Waals surface area contributed by atoms with Crippen LogP contribution in [-0.4, -0.2) is 12.6 Å². The number of esters is 1. The van der Waals surface area contributed by atoms with Crippen molar-refractivity contribution >= 4 is 21.9 Å². The van der Waals surface area contributed by atoms with Gasteiger partial charge < -0.3 is 9.47 Å². The fourth-order valence-electron chi connectivity index (χ4n) is 1.72. The molecule has 0 spiro atoms. The molecule has 2 rings (SSSR count). The Balaban J connectivity index is 2.00. The second-order valence-corrected chi connectivity index (χ2v) is 5.25. The number of rotatable bonds is 6. The minimum Gasteiger partial charge on any atom is -0.489 e. The van der Waals surface area contributed by atoms with E-state index >= 15 is 0 Å². The Kier molecular flexibility index (Phi) is 5.58. The van der Waals surface area contributed by atoms with E-state index in [-0.39, 0.29) is 12.6 Å². The molecule has 0 aliphatic carbocycles. The van der Waals surface area contributed by atoms with Crippen LogP contribution in [0.25, 0.3) is 0 Å². The van der Waals surface area contributed by atoms with Crippen LogP contribution in [0.3, 0.4) is 0 Å². The Hall–Kier alpha value is -2.07. The van der Waals surface area contributed by atoms with Gasteiger partial charge in [-0.05, 0) is 35.9 Å². The zero-order valence-corrected chi connectivity index (χ0v) is 13.0. The van der Waals surface area contributed by atoms with Gasteiger partial charge >= 0.3 is 5.97 Å². The molecule has 0 fully saturated rings. The monoisotopic (exact) mass is 346 g/mol. The van der Waals surface area contributed by atoms with Crippen molar-refractivity contribution in [3.63, 3.8) is 0 Å². The Morgan fingerprint density at radius 3 is 2.76 bits per heavy atom. The molecule has 4 heteroatoms. The van der Waals surface area contributed by atoms with Crippen molar-refractivity contribution in [2.75, 3.05) is 6.61 Å². The average molecular weight is 347 g/mol. The maximum atomic E-state index is 11.7. The minimum absolute atomic E-state index is 0.196. The number of halogens is 1. The van der Waals surface area contributed by atoms with Crippen molar-refractivity contribution in [2.24, 2.45) is 0 Å². The van der Waals surface area contributed by atoms with Gasteiger partial charge in [0.25, 0.3) is 0 Å². The highest BCUT2D eigenvalue weighted by Gasteiger charge is 2.07. The molecule has 2 aromatic carbocycles. The summed E-state index contributed by atoms with van der Waals surface area (Å²) in [5.41, 5.74) is 1.51. The van der Waals surface area contributed by atoms with Crippen LogP contribution in [0.2, 0.25) is 0 Å². The predicted octanol–water partition coefficient (Wildman–Crippen LogP) is 4.37. The van der Waals surface area contributed by atoms with Crippen LogP contribution >= 0.6 is 15.9 Å². The van der Waals surface area contributed by atoms with E-state index < -0.39 is 0 Å². The molecule has 3 nitrogen and oxygen atoms in total. The highest BCUT2D eigenvalue weighted by atomic mass is 79.9. The van der Waals surface area contributed by atoms with E-state index in [0.29, 0.717) is 17.9 Å². The molecule has 0 atom stereocenters. The molecule has 0 aliphatic rings. The van der Waals surface area contributed by atoms with Crippen molar-refractivity contribution in [3.05, 3.63) is 76.8 Å². The van der Waals surface area contributed by atoms with E-state index in [1.807, 2.05) is 30.3 Å². The molecule has 0 amide bonds. The third-order valence-corrected chi connectivity index (χ3v) is 3.19. The van der Waals surface area contributed by atoms with Crippen molar-refractivity contribution < 1.29 is 14.3 Å². The van der Waals surface area contributed by atoms with Crippen LogP contribution in [0.1, 0.15) is 15.9 Å². The van der Waals surface area contributed by atoms with Crippen molar-refractivity contribution in [1.29, 1.82) is 0 Å². The first-order valence-corrected chi connectivity index (χ1v) is 7.23. The van der Waals surface area contributed by atoms with Gasteiger partial charge in [-0.1, -0.05) is 46.8 Å². The van der Waals surface area contributed by atoms with Gasteiger partial charge in [0.1, 0.15) is 19.0 Å². The molecule has 0 bridgehead atoms. The summed E-state index contributed by atoms with van der Waals surface area (Å²) in [5.74, 6) is 0.242. The zero-order valence-electron chi connectivity index (χ0n) is 11.4. The third kappa shape index (κ3) is 4.76. The molecule has 21 heavy (non-hydrogen) atoms. The van der Waals surface area contributed by atoms with Gasteiger partial charge in [-0.25, -0.2) is 4.79 Å². The quantitative estimate of drug-likeness (QED) is 0.575. The molecule has 0 N–H and O–H groups in total. The van der Waals surface area contributed by atoms with E-state index in [4.69, 9.17) is 9.47 Å². The number of hydrogen-bond donors (Lipinski definition) is 0. The van der Waals surface area contributed by atoms with Crippen LogP contribution in [-0.2, 0) is 11.3 Å². The van der Waals surface area contributed by atoms with Crippen LogP contribution in [0, 0.1) is 0 Å². The van der Waals surface area contributed by atoms with Crippen LogP contribution in [0.4, 0.5) is 0 Å². The summed E-state index contributed by atoms with van der Waals surface area (Å²) in [6.07, 6.45) is 1.53. The highest BCUT2D eigenvalue weighted by molar-refractivity contribution is 9.10. The Bertz CT molecular complexity index is 637. The van der Waals surface area contributed by atoms with Gasteiger partial charge in [0.05, 0.1) is 5.56 Å². The average Bonchev–Trinajstić information content (AvgIpc) is 2.51. The number of ether oxygens (including phenoxy) is 2. The molecule has 0 heterocycles. The Labute approximate surface area is 132 Å². The molecule has 0 radical (unpaired) electrons. The maximum absolute atomic E-state index is 11.7. The summed E-state index contributed by atoms with van der Waals surface area (Å²) in [4.78, 5) is 11.7. The molecule has 0 saturated carbocycles. The number of carbonyl (C=O) groups excluding carboxylic acids is 1. The lowest BCUT2D eigenvalue weighted by molar-refractivity contribution is 0.0549. The summed E-state index contributed by atoms with van der Waals surface area (Å²) in [6, 6.07) is 14.8. The van der Waals surface area contributed by atoms with E-state index in [9.17, 15) is 4.79 Å². The molecule has 2 aromatic rings. The van der Waals surface area contributed by atoms with Gasteiger partial charge in [-0.2, -0.15) is 0 Å². The number of carbonyl (C=O) groups is 1. The molecular weight excluding hydrogens is 332 g/mol. The highest BCUT2D eigenvalue weighted by Crippen LogP contribution is 2.17. The van der Waals surface area contributed by atoms with Crippen LogP contribution in [0.15, 0.2) is 65.7 Å². The third-order valence-electron chi connectivity index (χ3n) is 2.70. The fourth-order valence-corrected chi connectivity index (χ4v) is 2.17. The zero-order chi connectivity index (χ0) is 15.1. The maximum Gasteiger partial charge on any atom is 0.338 e. The molecule has 0 aliphatic heterocycles. The second-order valence-electron chi connectivity index (χ2n) is 4.33. The standard InChI is InChI=1S/C17H15BrO3/c1-2-9-20-17(19)14-6-4-8-16(11-14)21-12-13-5-3-7-15(18)10-13/h2-8,10-11H,1,9,12H2. The van der Waals surface area contributed by atoms with Gasteiger partial charge in [-0.3, -0.25) is 0 Å². The first-order chi connectivity index (χ1) is 10.2. The smallest absolute Gasteiger partial charge is 0.338 e. The van der Waals surface area contributed by atoms with Crippen LogP contribution < -0.4 is 4.74 Å². The van der Waals surface area contributed by atoms with E-state index in [1.54, 1.807) is 18.2 Å². The lowest BCUT2D eigenvalue weighted by atomic mass is 10.2.